The van der Waals surface area contributed by atoms with E-state index in [1.165, 1.54) is 12.0 Å². The summed E-state index contributed by atoms with van der Waals surface area (Å²) >= 11 is 0. The summed E-state index contributed by atoms with van der Waals surface area (Å²) < 4.78 is 10.7. The number of benzene rings is 1. The lowest BCUT2D eigenvalue weighted by Gasteiger charge is -2.24. The van der Waals surface area contributed by atoms with Gasteiger partial charge in [-0.15, -0.1) is 0 Å². The van der Waals surface area contributed by atoms with Crippen LogP contribution in [0.3, 0.4) is 0 Å². The Labute approximate surface area is 175 Å². The molecule has 0 saturated carbocycles. The number of pyridine rings is 1. The smallest absolute Gasteiger partial charge is 0.295 e. The van der Waals surface area contributed by atoms with Crippen LogP contribution in [0, 0.1) is 0 Å². The minimum atomic E-state index is -0.727. The van der Waals surface area contributed by atoms with Gasteiger partial charge in [0.1, 0.15) is 11.5 Å². The topological polar surface area (TPSA) is 89.0 Å². The largest absolute Gasteiger partial charge is 0.507 e. The standard InChI is InChI=1S/C23H26N2O5/c1-3-4-13-30-18-9-7-16(8-10-18)21(26)19-20(17-6-5-11-24-15-17)25(12-14-29-2)23(28)22(19)27/h5-11,15,20,26H,3-4,12-14H2,1-2H3. The molecule has 1 aromatic heterocycles. The Morgan fingerprint density at radius 3 is 2.57 bits per heavy atom. The average Bonchev–Trinajstić information content (AvgIpc) is 3.03. The molecule has 30 heavy (non-hydrogen) atoms. The van der Waals surface area contributed by atoms with Crippen molar-refractivity contribution in [2.45, 2.75) is 25.8 Å². The molecule has 1 aliphatic rings. The molecule has 1 aliphatic heterocycles. The van der Waals surface area contributed by atoms with Crippen molar-refractivity contribution in [3.05, 3.63) is 65.5 Å². The number of aliphatic hydroxyl groups excluding tert-OH is 1. The van der Waals surface area contributed by atoms with Crippen LogP contribution < -0.4 is 4.74 Å². The third-order valence-corrected chi connectivity index (χ3v) is 4.97. The van der Waals surface area contributed by atoms with Crippen LogP contribution in [0.4, 0.5) is 0 Å². The van der Waals surface area contributed by atoms with E-state index < -0.39 is 17.7 Å². The maximum absolute atomic E-state index is 12.8. The maximum atomic E-state index is 12.8. The number of Topliss-reactive ketones (excluding diaryl/α,β-unsaturated/α-hetero) is 1. The molecular weight excluding hydrogens is 384 g/mol. The normalized spacial score (nSPS) is 18.1. The summed E-state index contributed by atoms with van der Waals surface area (Å²) in [6, 6.07) is 9.62. The highest BCUT2D eigenvalue weighted by molar-refractivity contribution is 6.46. The Morgan fingerprint density at radius 1 is 1.17 bits per heavy atom. The third-order valence-electron chi connectivity index (χ3n) is 4.97. The lowest BCUT2D eigenvalue weighted by molar-refractivity contribution is -0.140. The van der Waals surface area contributed by atoms with Gasteiger partial charge in [0.2, 0.25) is 0 Å². The first kappa shape index (κ1) is 21.5. The van der Waals surface area contributed by atoms with E-state index in [0.717, 1.165) is 12.8 Å². The zero-order chi connectivity index (χ0) is 21.5. The summed E-state index contributed by atoms with van der Waals surface area (Å²) in [5.41, 5.74) is 1.13. The van der Waals surface area contributed by atoms with Gasteiger partial charge in [-0.25, -0.2) is 0 Å². The first-order chi connectivity index (χ1) is 14.6. The number of aliphatic hydroxyl groups is 1. The van der Waals surface area contributed by atoms with Crippen LogP contribution in [-0.2, 0) is 14.3 Å². The molecule has 2 aromatic rings. The van der Waals surface area contributed by atoms with Crippen molar-refractivity contribution in [3.63, 3.8) is 0 Å². The first-order valence-electron chi connectivity index (χ1n) is 9.99. The summed E-state index contributed by atoms with van der Waals surface area (Å²) in [6.07, 6.45) is 5.20. The molecule has 1 saturated heterocycles. The zero-order valence-electron chi connectivity index (χ0n) is 17.2. The Hall–Kier alpha value is -3.19. The second-order valence-corrected chi connectivity index (χ2v) is 7.00. The summed E-state index contributed by atoms with van der Waals surface area (Å²) in [5, 5.41) is 11.0. The van der Waals surface area contributed by atoms with Gasteiger partial charge in [-0.05, 0) is 42.3 Å². The number of unbranched alkanes of at least 4 members (excludes halogenated alkanes) is 1. The van der Waals surface area contributed by atoms with Crippen LogP contribution in [0.25, 0.3) is 5.76 Å². The number of aromatic nitrogens is 1. The molecule has 7 heteroatoms. The molecule has 1 unspecified atom stereocenters. The fourth-order valence-corrected chi connectivity index (χ4v) is 3.38. The van der Waals surface area contributed by atoms with E-state index >= 15 is 0 Å². The van der Waals surface area contributed by atoms with Gasteiger partial charge < -0.3 is 19.5 Å². The molecule has 0 spiro atoms. The van der Waals surface area contributed by atoms with Crippen LogP contribution in [-0.4, -0.2) is 53.5 Å². The molecule has 2 heterocycles. The van der Waals surface area contributed by atoms with Gasteiger partial charge in [0.15, 0.2) is 0 Å². The molecule has 7 nitrogen and oxygen atoms in total. The fraction of sp³-hybridized carbons (Fsp3) is 0.348. The van der Waals surface area contributed by atoms with Gasteiger partial charge in [-0.2, -0.15) is 0 Å². The van der Waals surface area contributed by atoms with Gasteiger partial charge in [0, 0.05) is 31.6 Å². The third kappa shape index (κ3) is 4.52. The van der Waals surface area contributed by atoms with Crippen molar-refractivity contribution in [2.75, 3.05) is 26.9 Å². The van der Waals surface area contributed by atoms with Gasteiger partial charge in [0.25, 0.3) is 11.7 Å². The van der Waals surface area contributed by atoms with E-state index in [1.54, 1.807) is 48.8 Å². The molecule has 0 bridgehead atoms. The Kier molecular flexibility index (Phi) is 7.19. The number of likely N-dealkylation sites (tertiary alicyclic amines) is 1. The highest BCUT2D eigenvalue weighted by atomic mass is 16.5. The predicted molar refractivity (Wildman–Crippen MR) is 112 cm³/mol. The highest BCUT2D eigenvalue weighted by Crippen LogP contribution is 2.39. The molecule has 1 N–H and O–H groups in total. The monoisotopic (exact) mass is 410 g/mol. The second kappa shape index (κ2) is 10.0. The van der Waals surface area contributed by atoms with E-state index in [0.29, 0.717) is 23.5 Å². The number of rotatable bonds is 9. The molecule has 1 aromatic carbocycles. The number of amides is 1. The minimum Gasteiger partial charge on any atom is -0.507 e. The number of carbonyl (C=O) groups excluding carboxylic acids is 2. The van der Waals surface area contributed by atoms with Crippen molar-refractivity contribution in [1.82, 2.24) is 9.88 Å². The van der Waals surface area contributed by atoms with E-state index in [-0.39, 0.29) is 24.5 Å². The summed E-state index contributed by atoms with van der Waals surface area (Å²) in [4.78, 5) is 31.0. The molecule has 1 fully saturated rings. The number of methoxy groups -OCH3 is 1. The lowest BCUT2D eigenvalue weighted by Crippen LogP contribution is -2.32. The van der Waals surface area contributed by atoms with E-state index in [1.807, 2.05) is 0 Å². The van der Waals surface area contributed by atoms with E-state index in [2.05, 4.69) is 11.9 Å². The summed E-state index contributed by atoms with van der Waals surface area (Å²) in [7, 11) is 1.53. The molecule has 3 rings (SSSR count). The van der Waals surface area contributed by atoms with Gasteiger partial charge in [-0.3, -0.25) is 14.6 Å². The van der Waals surface area contributed by atoms with Crippen molar-refractivity contribution in [1.29, 1.82) is 0 Å². The zero-order valence-corrected chi connectivity index (χ0v) is 17.2. The minimum absolute atomic E-state index is 0.0451. The number of hydrogen-bond acceptors (Lipinski definition) is 6. The van der Waals surface area contributed by atoms with Gasteiger partial charge >= 0.3 is 0 Å². The molecule has 158 valence electrons. The Morgan fingerprint density at radius 2 is 1.93 bits per heavy atom. The molecular formula is C23H26N2O5. The molecule has 0 aliphatic carbocycles. The van der Waals surface area contributed by atoms with E-state index in [4.69, 9.17) is 9.47 Å². The van der Waals surface area contributed by atoms with Crippen molar-refractivity contribution in [2.24, 2.45) is 0 Å². The predicted octanol–water partition coefficient (Wildman–Crippen LogP) is 3.33. The van der Waals surface area contributed by atoms with Gasteiger partial charge in [-0.1, -0.05) is 19.4 Å². The Balaban J connectivity index is 1.98. The first-order valence-corrected chi connectivity index (χ1v) is 9.99. The fourth-order valence-electron chi connectivity index (χ4n) is 3.38. The Bertz CT molecular complexity index is 909. The average molecular weight is 410 g/mol. The lowest BCUT2D eigenvalue weighted by atomic mass is 9.96. The summed E-state index contributed by atoms with van der Waals surface area (Å²) in [6.45, 7) is 3.20. The summed E-state index contributed by atoms with van der Waals surface area (Å²) in [5.74, 6) is -0.922. The number of hydrogen-bond donors (Lipinski definition) is 1. The van der Waals surface area contributed by atoms with Crippen LogP contribution in [0.2, 0.25) is 0 Å². The SMILES string of the molecule is CCCCOc1ccc(C(O)=C2C(=O)C(=O)N(CCOC)C2c2cccnc2)cc1. The van der Waals surface area contributed by atoms with Crippen molar-refractivity contribution in [3.8, 4) is 5.75 Å². The van der Waals surface area contributed by atoms with Crippen LogP contribution in [0.5, 0.6) is 5.75 Å². The number of nitrogens with zero attached hydrogens (tertiary/aromatic N) is 2. The van der Waals surface area contributed by atoms with Gasteiger partial charge in [0.05, 0.1) is 24.8 Å². The van der Waals surface area contributed by atoms with Crippen LogP contribution in [0.15, 0.2) is 54.4 Å². The van der Waals surface area contributed by atoms with Crippen molar-refractivity contribution < 1.29 is 24.2 Å². The van der Waals surface area contributed by atoms with E-state index in [9.17, 15) is 14.7 Å². The molecule has 1 amide bonds. The quantitative estimate of drug-likeness (QED) is 0.295. The maximum Gasteiger partial charge on any atom is 0.295 e. The molecule has 0 radical (unpaired) electrons. The number of ether oxygens (including phenoxy) is 2. The van der Waals surface area contributed by atoms with Crippen LogP contribution in [0.1, 0.15) is 36.9 Å². The second-order valence-electron chi connectivity index (χ2n) is 7.00. The molecule has 1 atom stereocenters. The number of ketones is 1. The number of carbonyl (C=O) groups is 2. The van der Waals surface area contributed by atoms with Crippen LogP contribution >= 0.6 is 0 Å². The van der Waals surface area contributed by atoms with Crippen molar-refractivity contribution >= 4 is 17.4 Å². The highest BCUT2D eigenvalue weighted by Gasteiger charge is 2.45.